The Morgan fingerprint density at radius 2 is 2.06 bits per heavy atom. The zero-order chi connectivity index (χ0) is 11.2. The molecule has 1 aliphatic heterocycles. The number of ether oxygens (including phenoxy) is 1. The van der Waals surface area contributed by atoms with Crippen LogP contribution in [0.5, 0.6) is 0 Å². The van der Waals surface area contributed by atoms with Crippen LogP contribution in [0.1, 0.15) is 38.5 Å². The lowest BCUT2D eigenvalue weighted by Crippen LogP contribution is -2.46. The van der Waals surface area contributed by atoms with Crippen molar-refractivity contribution in [2.75, 3.05) is 19.7 Å². The average molecular weight is 226 g/mol. The lowest BCUT2D eigenvalue weighted by atomic mass is 10.1. The maximum atomic E-state index is 11.6. The fourth-order valence-electron chi connectivity index (χ4n) is 2.49. The van der Waals surface area contributed by atoms with E-state index < -0.39 is 0 Å². The third kappa shape index (κ3) is 3.76. The van der Waals surface area contributed by atoms with Crippen LogP contribution in [-0.4, -0.2) is 37.7 Å². The third-order valence-electron chi connectivity index (χ3n) is 3.41. The molecule has 92 valence electrons. The zero-order valence-electron chi connectivity index (χ0n) is 9.84. The van der Waals surface area contributed by atoms with Crippen LogP contribution in [0.4, 0.5) is 0 Å². The first-order valence-corrected chi connectivity index (χ1v) is 6.46. The molecule has 2 N–H and O–H groups in total. The minimum Gasteiger partial charge on any atom is -0.368 e. The predicted octanol–water partition coefficient (Wildman–Crippen LogP) is 0.814. The molecule has 0 bridgehead atoms. The van der Waals surface area contributed by atoms with Crippen molar-refractivity contribution < 1.29 is 9.53 Å². The van der Waals surface area contributed by atoms with E-state index in [2.05, 4.69) is 10.6 Å². The van der Waals surface area contributed by atoms with Gasteiger partial charge in [0.15, 0.2) is 0 Å². The molecule has 4 heteroatoms. The Hall–Kier alpha value is -0.610. The molecule has 0 spiro atoms. The van der Waals surface area contributed by atoms with E-state index in [9.17, 15) is 4.79 Å². The van der Waals surface area contributed by atoms with Crippen molar-refractivity contribution in [1.82, 2.24) is 10.6 Å². The summed E-state index contributed by atoms with van der Waals surface area (Å²) < 4.78 is 5.57. The van der Waals surface area contributed by atoms with E-state index in [4.69, 9.17) is 4.74 Å². The van der Waals surface area contributed by atoms with Crippen molar-refractivity contribution in [1.29, 1.82) is 0 Å². The van der Waals surface area contributed by atoms with Gasteiger partial charge in [-0.15, -0.1) is 0 Å². The van der Waals surface area contributed by atoms with Crippen LogP contribution in [0.15, 0.2) is 0 Å². The van der Waals surface area contributed by atoms with E-state index in [0.717, 1.165) is 38.8 Å². The standard InChI is InChI=1S/C12H22N2O2/c15-12(9-16-11-5-1-2-6-11)14-10-4-3-7-13-8-10/h10-11,13H,1-9H2,(H,14,15)/t10-/m0/s1. The third-order valence-corrected chi connectivity index (χ3v) is 3.41. The van der Waals surface area contributed by atoms with Crippen LogP contribution in [0.25, 0.3) is 0 Å². The molecule has 0 unspecified atom stereocenters. The fourth-order valence-corrected chi connectivity index (χ4v) is 2.49. The van der Waals surface area contributed by atoms with Gasteiger partial charge in [0.05, 0.1) is 6.10 Å². The Labute approximate surface area is 97.1 Å². The highest BCUT2D eigenvalue weighted by Gasteiger charge is 2.18. The van der Waals surface area contributed by atoms with Gasteiger partial charge in [-0.3, -0.25) is 4.79 Å². The number of carbonyl (C=O) groups excluding carboxylic acids is 1. The highest BCUT2D eigenvalue weighted by Crippen LogP contribution is 2.20. The summed E-state index contributed by atoms with van der Waals surface area (Å²) >= 11 is 0. The molecule has 16 heavy (non-hydrogen) atoms. The van der Waals surface area contributed by atoms with Crippen molar-refractivity contribution in [3.05, 3.63) is 0 Å². The smallest absolute Gasteiger partial charge is 0.246 e. The second kappa shape index (κ2) is 6.21. The van der Waals surface area contributed by atoms with Crippen molar-refractivity contribution in [3.8, 4) is 0 Å². The van der Waals surface area contributed by atoms with Crippen molar-refractivity contribution in [3.63, 3.8) is 0 Å². The molecule has 0 radical (unpaired) electrons. The van der Waals surface area contributed by atoms with E-state index in [1.807, 2.05) is 0 Å². The first-order chi connectivity index (χ1) is 7.84. The SMILES string of the molecule is O=C(COC1CCCC1)N[C@H]1CCCNC1. The van der Waals surface area contributed by atoms with E-state index in [1.165, 1.54) is 12.8 Å². The molecule has 2 rings (SSSR count). The van der Waals surface area contributed by atoms with Gasteiger partial charge in [-0.2, -0.15) is 0 Å². The van der Waals surface area contributed by atoms with Gasteiger partial charge in [-0.25, -0.2) is 0 Å². The van der Waals surface area contributed by atoms with Gasteiger partial charge >= 0.3 is 0 Å². The van der Waals surface area contributed by atoms with Crippen molar-refractivity contribution in [2.24, 2.45) is 0 Å². The summed E-state index contributed by atoms with van der Waals surface area (Å²) in [6, 6.07) is 0.299. The molecule has 0 aromatic rings. The molecule has 2 fully saturated rings. The second-order valence-electron chi connectivity index (χ2n) is 4.83. The molecule has 1 saturated carbocycles. The van der Waals surface area contributed by atoms with Gasteiger partial charge in [-0.05, 0) is 32.2 Å². The molecule has 1 aliphatic carbocycles. The van der Waals surface area contributed by atoms with Gasteiger partial charge in [0.1, 0.15) is 6.61 Å². The van der Waals surface area contributed by atoms with Crippen LogP contribution < -0.4 is 10.6 Å². The first-order valence-electron chi connectivity index (χ1n) is 6.46. The minimum atomic E-state index is 0.0422. The lowest BCUT2D eigenvalue weighted by Gasteiger charge is -2.24. The van der Waals surface area contributed by atoms with Crippen LogP contribution in [0.3, 0.4) is 0 Å². The summed E-state index contributed by atoms with van der Waals surface area (Å²) in [7, 11) is 0. The molecule has 1 amide bonds. The number of piperidine rings is 1. The van der Waals surface area contributed by atoms with Gasteiger partial charge in [0.25, 0.3) is 0 Å². The largest absolute Gasteiger partial charge is 0.368 e. The van der Waals surface area contributed by atoms with E-state index in [1.54, 1.807) is 0 Å². The Kier molecular flexibility index (Phi) is 4.60. The molecular formula is C12H22N2O2. The summed E-state index contributed by atoms with van der Waals surface area (Å²) in [6.07, 6.45) is 7.31. The van der Waals surface area contributed by atoms with Crippen LogP contribution in [-0.2, 0) is 9.53 Å². The molecule has 1 atom stereocenters. The number of carbonyl (C=O) groups is 1. The Bertz CT molecular complexity index is 221. The van der Waals surface area contributed by atoms with Crippen molar-refractivity contribution in [2.45, 2.75) is 50.7 Å². The fraction of sp³-hybridized carbons (Fsp3) is 0.917. The molecule has 4 nitrogen and oxygen atoms in total. The molecule has 1 saturated heterocycles. The van der Waals surface area contributed by atoms with Crippen molar-refractivity contribution >= 4 is 5.91 Å². The van der Waals surface area contributed by atoms with E-state index in [-0.39, 0.29) is 12.5 Å². The summed E-state index contributed by atoms with van der Waals surface area (Å²) in [5, 5.41) is 6.30. The van der Waals surface area contributed by atoms with Gasteiger partial charge in [-0.1, -0.05) is 12.8 Å². The molecule has 1 heterocycles. The monoisotopic (exact) mass is 226 g/mol. The molecule has 2 aliphatic rings. The molecule has 0 aromatic carbocycles. The number of hydrogen-bond acceptors (Lipinski definition) is 3. The normalized spacial score (nSPS) is 26.9. The topological polar surface area (TPSA) is 50.4 Å². The summed E-state index contributed by atoms with van der Waals surface area (Å²) in [5.74, 6) is 0.0422. The van der Waals surface area contributed by atoms with Crippen LogP contribution in [0, 0.1) is 0 Å². The number of nitrogens with one attached hydrogen (secondary N) is 2. The van der Waals surface area contributed by atoms with Crippen LogP contribution >= 0.6 is 0 Å². The van der Waals surface area contributed by atoms with Gasteiger partial charge < -0.3 is 15.4 Å². The molecular weight excluding hydrogens is 204 g/mol. The number of hydrogen-bond donors (Lipinski definition) is 2. The quantitative estimate of drug-likeness (QED) is 0.746. The maximum Gasteiger partial charge on any atom is 0.246 e. The zero-order valence-corrected chi connectivity index (χ0v) is 9.84. The minimum absolute atomic E-state index is 0.0422. The van der Waals surface area contributed by atoms with E-state index >= 15 is 0 Å². The van der Waals surface area contributed by atoms with Crippen LogP contribution in [0.2, 0.25) is 0 Å². The first kappa shape index (κ1) is 11.9. The Morgan fingerprint density at radius 3 is 2.75 bits per heavy atom. The predicted molar refractivity (Wildman–Crippen MR) is 62.2 cm³/mol. The molecule has 0 aromatic heterocycles. The highest BCUT2D eigenvalue weighted by atomic mass is 16.5. The Balaban J connectivity index is 1.59. The second-order valence-corrected chi connectivity index (χ2v) is 4.83. The Morgan fingerprint density at radius 1 is 1.25 bits per heavy atom. The van der Waals surface area contributed by atoms with Gasteiger partial charge in [0.2, 0.25) is 5.91 Å². The highest BCUT2D eigenvalue weighted by molar-refractivity contribution is 5.77. The van der Waals surface area contributed by atoms with E-state index in [0.29, 0.717) is 12.1 Å². The number of rotatable bonds is 4. The summed E-state index contributed by atoms with van der Waals surface area (Å²) in [5.41, 5.74) is 0. The summed E-state index contributed by atoms with van der Waals surface area (Å²) in [4.78, 5) is 11.6. The summed E-state index contributed by atoms with van der Waals surface area (Å²) in [6.45, 7) is 2.21. The maximum absolute atomic E-state index is 11.6. The average Bonchev–Trinajstić information content (AvgIpc) is 2.81. The number of amides is 1. The lowest BCUT2D eigenvalue weighted by molar-refractivity contribution is -0.128. The van der Waals surface area contributed by atoms with Gasteiger partial charge in [0, 0.05) is 12.6 Å².